The molecule has 0 unspecified atom stereocenters. The van der Waals surface area contributed by atoms with Gasteiger partial charge in [-0.3, -0.25) is 9.59 Å². The molecule has 1 saturated carbocycles. The van der Waals surface area contributed by atoms with Crippen molar-refractivity contribution in [1.29, 1.82) is 0 Å². The van der Waals surface area contributed by atoms with Crippen LogP contribution in [0.2, 0.25) is 0 Å². The average Bonchev–Trinajstić information content (AvgIpc) is 3.11. The van der Waals surface area contributed by atoms with E-state index < -0.39 is 0 Å². The Kier molecular flexibility index (Phi) is 5.92. The predicted octanol–water partition coefficient (Wildman–Crippen LogP) is 2.20. The summed E-state index contributed by atoms with van der Waals surface area (Å²) in [4.78, 5) is 28.7. The molecule has 5 nitrogen and oxygen atoms in total. The van der Waals surface area contributed by atoms with Gasteiger partial charge in [0, 0.05) is 38.5 Å². The van der Waals surface area contributed by atoms with Gasteiger partial charge in [0.25, 0.3) is 0 Å². The van der Waals surface area contributed by atoms with E-state index in [1.54, 1.807) is 0 Å². The smallest absolute Gasteiger partial charge is 0.223 e. The summed E-state index contributed by atoms with van der Waals surface area (Å²) in [6.45, 7) is 3.47. The summed E-state index contributed by atoms with van der Waals surface area (Å²) in [5.74, 6) is 1.000. The molecule has 0 radical (unpaired) electrons. The number of hydrogen-bond acceptors (Lipinski definition) is 3. The molecular weight excluding hydrogens is 292 g/mol. The zero-order valence-corrected chi connectivity index (χ0v) is 14.2. The Morgan fingerprint density at radius 1 is 0.826 bits per heavy atom. The van der Waals surface area contributed by atoms with E-state index in [0.717, 1.165) is 19.4 Å². The van der Waals surface area contributed by atoms with Crippen molar-refractivity contribution in [3.63, 3.8) is 0 Å². The van der Waals surface area contributed by atoms with E-state index in [1.165, 1.54) is 32.1 Å². The fourth-order valence-corrected chi connectivity index (χ4v) is 4.44. The lowest BCUT2D eigenvalue weighted by Gasteiger charge is -2.34. The van der Waals surface area contributed by atoms with Gasteiger partial charge in [-0.25, -0.2) is 0 Å². The first kappa shape index (κ1) is 16.7. The molecule has 130 valence electrons. The fraction of sp³-hybridized carbons (Fsp3) is 0.889. The maximum atomic E-state index is 12.6. The Morgan fingerprint density at radius 3 is 2.26 bits per heavy atom. The van der Waals surface area contributed by atoms with Gasteiger partial charge < -0.3 is 14.5 Å². The van der Waals surface area contributed by atoms with Crippen LogP contribution in [0.5, 0.6) is 0 Å². The molecule has 23 heavy (non-hydrogen) atoms. The van der Waals surface area contributed by atoms with E-state index in [0.29, 0.717) is 51.1 Å². The minimum atomic E-state index is 0.107. The third-order valence-corrected chi connectivity index (χ3v) is 5.73. The summed E-state index contributed by atoms with van der Waals surface area (Å²) in [7, 11) is 0. The SMILES string of the molecule is O=C(CCC(=O)N1CCC[C@H]1C1CCCCC1)N1CCOCC1. The topological polar surface area (TPSA) is 49.9 Å². The molecule has 2 saturated heterocycles. The second-order valence-electron chi connectivity index (χ2n) is 7.19. The first-order valence-electron chi connectivity index (χ1n) is 9.40. The highest BCUT2D eigenvalue weighted by Crippen LogP contribution is 2.34. The Balaban J connectivity index is 1.47. The molecule has 3 fully saturated rings. The summed E-state index contributed by atoms with van der Waals surface area (Å²) in [6.07, 6.45) is 9.56. The van der Waals surface area contributed by atoms with Crippen LogP contribution >= 0.6 is 0 Å². The molecule has 2 heterocycles. The molecule has 0 aromatic heterocycles. The first-order chi connectivity index (χ1) is 11.3. The van der Waals surface area contributed by atoms with Crippen molar-refractivity contribution in [3.05, 3.63) is 0 Å². The van der Waals surface area contributed by atoms with Crippen molar-refractivity contribution in [2.45, 2.75) is 63.8 Å². The van der Waals surface area contributed by atoms with Crippen molar-refractivity contribution < 1.29 is 14.3 Å². The Morgan fingerprint density at radius 2 is 1.52 bits per heavy atom. The van der Waals surface area contributed by atoms with Gasteiger partial charge in [0.05, 0.1) is 13.2 Å². The number of nitrogens with zero attached hydrogens (tertiary/aromatic N) is 2. The van der Waals surface area contributed by atoms with E-state index in [-0.39, 0.29) is 11.8 Å². The average molecular weight is 322 g/mol. The lowest BCUT2D eigenvalue weighted by molar-refractivity contribution is -0.140. The van der Waals surface area contributed by atoms with E-state index in [2.05, 4.69) is 4.90 Å². The number of morpholine rings is 1. The molecule has 2 amide bonds. The van der Waals surface area contributed by atoms with Crippen LogP contribution in [-0.2, 0) is 14.3 Å². The Labute approximate surface area is 139 Å². The quantitative estimate of drug-likeness (QED) is 0.797. The standard InChI is InChI=1S/C18H30N2O3/c21-17(19-11-13-23-14-12-19)8-9-18(22)20-10-4-7-16(20)15-5-2-1-3-6-15/h15-16H,1-14H2/t16-/m0/s1. The van der Waals surface area contributed by atoms with E-state index >= 15 is 0 Å². The second-order valence-corrected chi connectivity index (χ2v) is 7.19. The van der Waals surface area contributed by atoms with E-state index in [4.69, 9.17) is 4.74 Å². The van der Waals surface area contributed by atoms with Crippen LogP contribution in [0.25, 0.3) is 0 Å². The number of carbonyl (C=O) groups excluding carboxylic acids is 2. The Bertz CT molecular complexity index is 414. The molecule has 5 heteroatoms. The molecule has 1 atom stereocenters. The van der Waals surface area contributed by atoms with Gasteiger partial charge in [-0.05, 0) is 31.6 Å². The number of rotatable bonds is 4. The third-order valence-electron chi connectivity index (χ3n) is 5.73. The van der Waals surface area contributed by atoms with Gasteiger partial charge in [0.15, 0.2) is 0 Å². The van der Waals surface area contributed by atoms with Crippen molar-refractivity contribution in [2.24, 2.45) is 5.92 Å². The predicted molar refractivity (Wildman–Crippen MR) is 87.9 cm³/mol. The number of ether oxygens (including phenoxy) is 1. The van der Waals surface area contributed by atoms with E-state index in [9.17, 15) is 9.59 Å². The molecule has 3 rings (SSSR count). The van der Waals surface area contributed by atoms with Gasteiger partial charge in [-0.15, -0.1) is 0 Å². The molecule has 0 spiro atoms. The van der Waals surface area contributed by atoms with Crippen LogP contribution in [0.15, 0.2) is 0 Å². The maximum absolute atomic E-state index is 12.6. The fourth-order valence-electron chi connectivity index (χ4n) is 4.44. The molecule has 0 bridgehead atoms. The highest BCUT2D eigenvalue weighted by molar-refractivity contribution is 5.84. The summed E-state index contributed by atoms with van der Waals surface area (Å²) in [5, 5.41) is 0. The van der Waals surface area contributed by atoms with E-state index in [1.807, 2.05) is 4.90 Å². The molecule has 3 aliphatic rings. The van der Waals surface area contributed by atoms with Crippen molar-refractivity contribution in [1.82, 2.24) is 9.80 Å². The molecular formula is C18H30N2O3. The van der Waals surface area contributed by atoms with Crippen LogP contribution < -0.4 is 0 Å². The minimum absolute atomic E-state index is 0.107. The lowest BCUT2D eigenvalue weighted by atomic mass is 9.83. The highest BCUT2D eigenvalue weighted by atomic mass is 16.5. The number of carbonyl (C=O) groups is 2. The lowest BCUT2D eigenvalue weighted by Crippen LogP contribution is -2.43. The summed E-state index contributed by atoms with van der Waals surface area (Å²) < 4.78 is 5.27. The second kappa shape index (κ2) is 8.13. The van der Waals surface area contributed by atoms with Crippen LogP contribution in [0.3, 0.4) is 0 Å². The zero-order valence-electron chi connectivity index (χ0n) is 14.2. The molecule has 0 N–H and O–H groups in total. The summed E-state index contributed by atoms with van der Waals surface area (Å²) >= 11 is 0. The van der Waals surface area contributed by atoms with Crippen LogP contribution in [0.1, 0.15) is 57.8 Å². The van der Waals surface area contributed by atoms with Gasteiger partial charge in [-0.1, -0.05) is 19.3 Å². The number of likely N-dealkylation sites (tertiary alicyclic amines) is 1. The minimum Gasteiger partial charge on any atom is -0.378 e. The molecule has 0 aromatic rings. The van der Waals surface area contributed by atoms with Crippen molar-refractivity contribution >= 4 is 11.8 Å². The monoisotopic (exact) mass is 322 g/mol. The van der Waals surface area contributed by atoms with Gasteiger partial charge in [0.1, 0.15) is 0 Å². The first-order valence-corrected chi connectivity index (χ1v) is 9.40. The van der Waals surface area contributed by atoms with Crippen molar-refractivity contribution in [2.75, 3.05) is 32.8 Å². The van der Waals surface area contributed by atoms with Gasteiger partial charge >= 0.3 is 0 Å². The van der Waals surface area contributed by atoms with Crippen molar-refractivity contribution in [3.8, 4) is 0 Å². The van der Waals surface area contributed by atoms with Crippen LogP contribution in [0, 0.1) is 5.92 Å². The van der Waals surface area contributed by atoms with Crippen LogP contribution in [0.4, 0.5) is 0 Å². The maximum Gasteiger partial charge on any atom is 0.223 e. The number of hydrogen-bond donors (Lipinski definition) is 0. The summed E-state index contributed by atoms with van der Waals surface area (Å²) in [5.41, 5.74) is 0. The van der Waals surface area contributed by atoms with Gasteiger partial charge in [-0.2, -0.15) is 0 Å². The van der Waals surface area contributed by atoms with Gasteiger partial charge in [0.2, 0.25) is 11.8 Å². The van der Waals surface area contributed by atoms with Crippen LogP contribution in [-0.4, -0.2) is 60.5 Å². The zero-order chi connectivity index (χ0) is 16.1. The largest absolute Gasteiger partial charge is 0.378 e. The summed E-state index contributed by atoms with van der Waals surface area (Å²) in [6, 6.07) is 0.446. The molecule has 2 aliphatic heterocycles. The highest BCUT2D eigenvalue weighted by Gasteiger charge is 2.35. The molecule has 0 aromatic carbocycles. The third kappa shape index (κ3) is 4.25. The molecule has 1 aliphatic carbocycles. The number of amides is 2. The normalized spacial score (nSPS) is 26.5. The Hall–Kier alpha value is -1.10.